The Morgan fingerprint density at radius 2 is 1.83 bits per heavy atom. The van der Waals surface area contributed by atoms with Crippen LogP contribution in [0.15, 0.2) is 54.0 Å². The first kappa shape index (κ1) is 26.8. The third kappa shape index (κ3) is 8.46. The molecule has 9 nitrogen and oxygen atoms in total. The van der Waals surface area contributed by atoms with E-state index in [0.29, 0.717) is 41.6 Å². The van der Waals surface area contributed by atoms with Gasteiger partial charge in [0, 0.05) is 42.3 Å². The third-order valence-corrected chi connectivity index (χ3v) is 5.92. The lowest BCUT2D eigenvalue weighted by atomic mass is 10.1. The molecule has 2 N–H and O–H groups in total. The monoisotopic (exact) mass is 509 g/mol. The van der Waals surface area contributed by atoms with E-state index in [1.165, 1.54) is 16.2 Å². The van der Waals surface area contributed by atoms with Gasteiger partial charge in [-0.15, -0.1) is 11.3 Å². The van der Waals surface area contributed by atoms with Crippen molar-refractivity contribution in [3.63, 3.8) is 0 Å². The predicted molar refractivity (Wildman–Crippen MR) is 139 cm³/mol. The summed E-state index contributed by atoms with van der Waals surface area (Å²) in [5, 5.41) is 7.72. The topological polar surface area (TPSA) is 114 Å². The summed E-state index contributed by atoms with van der Waals surface area (Å²) in [6.45, 7) is 4.78. The van der Waals surface area contributed by atoms with Crippen LogP contribution in [0, 0.1) is 5.92 Å². The molecule has 0 unspecified atom stereocenters. The number of hydrogen-bond acceptors (Lipinski definition) is 7. The molecule has 10 heteroatoms. The molecule has 2 heterocycles. The smallest absolute Gasteiger partial charge is 0.254 e. The van der Waals surface area contributed by atoms with Crippen LogP contribution in [0.4, 0.5) is 5.13 Å². The van der Waals surface area contributed by atoms with E-state index >= 15 is 0 Å². The molecule has 0 fully saturated rings. The van der Waals surface area contributed by atoms with E-state index < -0.39 is 0 Å². The number of ether oxygens (including phenoxy) is 1. The molecule has 1 aromatic carbocycles. The molecule has 3 aromatic rings. The van der Waals surface area contributed by atoms with Crippen LogP contribution in [-0.4, -0.2) is 59.3 Å². The lowest BCUT2D eigenvalue weighted by Gasteiger charge is -2.24. The van der Waals surface area contributed by atoms with Crippen LogP contribution in [0.3, 0.4) is 0 Å². The molecule has 190 valence electrons. The van der Waals surface area contributed by atoms with Gasteiger partial charge in [-0.1, -0.05) is 19.9 Å². The van der Waals surface area contributed by atoms with E-state index in [1.807, 2.05) is 32.0 Å². The first-order valence-electron chi connectivity index (χ1n) is 11.7. The summed E-state index contributed by atoms with van der Waals surface area (Å²) in [6.07, 6.45) is 2.48. The van der Waals surface area contributed by atoms with Crippen LogP contribution in [0.5, 0.6) is 5.75 Å². The molecule has 0 spiro atoms. The fourth-order valence-electron chi connectivity index (χ4n) is 3.46. The number of aromatic nitrogens is 2. The largest absolute Gasteiger partial charge is 0.497 e. The molecule has 2 aromatic heterocycles. The number of pyridine rings is 1. The maximum absolute atomic E-state index is 13.0. The Labute approximate surface area is 214 Å². The highest BCUT2D eigenvalue weighted by atomic mass is 32.1. The molecule has 0 aliphatic carbocycles. The molecule has 0 bridgehead atoms. The number of methoxy groups -OCH3 is 1. The molecule has 0 aliphatic heterocycles. The van der Waals surface area contributed by atoms with Gasteiger partial charge >= 0.3 is 0 Å². The standard InChI is InChI=1S/C26H31N5O4S/c1-18(2)15-31(25(34)19-7-9-22(35-3)10-8-19)16-24(33)30-26-29-21(17-36-26)14-23(32)28-13-11-20-6-4-5-12-27-20/h4-10,12,17-18H,11,13-16H2,1-3H3,(H,28,32)(H,29,30,33). The maximum atomic E-state index is 13.0. The molecule has 0 saturated heterocycles. The average molecular weight is 510 g/mol. The molecular formula is C26H31N5O4S. The minimum absolute atomic E-state index is 0.105. The number of hydrogen-bond donors (Lipinski definition) is 2. The number of benzene rings is 1. The minimum atomic E-state index is -0.349. The number of anilines is 1. The Morgan fingerprint density at radius 3 is 2.50 bits per heavy atom. The van der Waals surface area contributed by atoms with E-state index in [2.05, 4.69) is 20.6 Å². The molecule has 3 amide bonds. The highest BCUT2D eigenvalue weighted by Crippen LogP contribution is 2.17. The zero-order valence-electron chi connectivity index (χ0n) is 20.7. The second-order valence-corrected chi connectivity index (χ2v) is 9.46. The highest BCUT2D eigenvalue weighted by molar-refractivity contribution is 7.13. The van der Waals surface area contributed by atoms with Gasteiger partial charge in [0.2, 0.25) is 11.8 Å². The van der Waals surface area contributed by atoms with Crippen molar-refractivity contribution in [2.75, 3.05) is 32.1 Å². The summed E-state index contributed by atoms with van der Waals surface area (Å²) >= 11 is 1.24. The zero-order valence-corrected chi connectivity index (χ0v) is 21.5. The van der Waals surface area contributed by atoms with E-state index in [1.54, 1.807) is 43.0 Å². The van der Waals surface area contributed by atoms with Gasteiger partial charge in [0.15, 0.2) is 5.13 Å². The quantitative estimate of drug-likeness (QED) is 0.388. The predicted octanol–water partition coefficient (Wildman–Crippen LogP) is 3.19. The third-order valence-electron chi connectivity index (χ3n) is 5.11. The summed E-state index contributed by atoms with van der Waals surface area (Å²) < 4.78 is 5.15. The second kappa shape index (κ2) is 13.3. The number of rotatable bonds is 12. The molecular weight excluding hydrogens is 478 g/mol. The Balaban J connectivity index is 1.51. The van der Waals surface area contributed by atoms with Gasteiger partial charge < -0.3 is 20.3 Å². The Bertz CT molecular complexity index is 1150. The van der Waals surface area contributed by atoms with E-state index in [4.69, 9.17) is 4.74 Å². The number of carbonyl (C=O) groups is 3. The van der Waals surface area contributed by atoms with Gasteiger partial charge in [0.25, 0.3) is 5.91 Å². The molecule has 0 radical (unpaired) electrons. The van der Waals surface area contributed by atoms with Gasteiger partial charge in [-0.3, -0.25) is 19.4 Å². The lowest BCUT2D eigenvalue weighted by Crippen LogP contribution is -2.40. The maximum Gasteiger partial charge on any atom is 0.254 e. The van der Waals surface area contributed by atoms with Crippen LogP contribution in [0.1, 0.15) is 35.6 Å². The molecule has 36 heavy (non-hydrogen) atoms. The average Bonchev–Trinajstić information content (AvgIpc) is 3.29. The van der Waals surface area contributed by atoms with Crippen molar-refractivity contribution in [2.24, 2.45) is 5.92 Å². The zero-order chi connectivity index (χ0) is 25.9. The first-order chi connectivity index (χ1) is 17.3. The van der Waals surface area contributed by atoms with Crippen molar-refractivity contribution in [1.82, 2.24) is 20.2 Å². The van der Waals surface area contributed by atoms with Crippen LogP contribution >= 0.6 is 11.3 Å². The summed E-state index contributed by atoms with van der Waals surface area (Å²) in [5.74, 6) is 0.105. The van der Waals surface area contributed by atoms with Gasteiger partial charge in [-0.2, -0.15) is 0 Å². The first-order valence-corrected chi connectivity index (χ1v) is 12.6. The van der Waals surface area contributed by atoms with Gasteiger partial charge in [0.1, 0.15) is 12.3 Å². The fourth-order valence-corrected chi connectivity index (χ4v) is 4.18. The fraction of sp³-hybridized carbons (Fsp3) is 0.346. The molecule has 0 atom stereocenters. The number of amides is 3. The molecule has 0 saturated carbocycles. The van der Waals surface area contributed by atoms with Crippen molar-refractivity contribution in [2.45, 2.75) is 26.7 Å². The van der Waals surface area contributed by atoms with Crippen LogP contribution in [0.25, 0.3) is 0 Å². The Hall–Kier alpha value is -3.79. The van der Waals surface area contributed by atoms with E-state index in [-0.39, 0.29) is 36.6 Å². The Morgan fingerprint density at radius 1 is 1.06 bits per heavy atom. The number of carbonyl (C=O) groups excluding carboxylic acids is 3. The second-order valence-electron chi connectivity index (χ2n) is 8.60. The normalized spacial score (nSPS) is 10.7. The van der Waals surface area contributed by atoms with Crippen molar-refractivity contribution in [1.29, 1.82) is 0 Å². The van der Waals surface area contributed by atoms with Crippen LogP contribution in [-0.2, 0) is 22.4 Å². The van der Waals surface area contributed by atoms with Crippen LogP contribution in [0.2, 0.25) is 0 Å². The van der Waals surface area contributed by atoms with Gasteiger partial charge in [0.05, 0.1) is 19.2 Å². The Kier molecular flexibility index (Phi) is 9.93. The SMILES string of the molecule is COc1ccc(C(=O)N(CC(=O)Nc2nc(CC(=O)NCCc3ccccn3)cs2)CC(C)C)cc1. The number of nitrogens with zero attached hydrogens (tertiary/aromatic N) is 3. The van der Waals surface area contributed by atoms with E-state index in [9.17, 15) is 14.4 Å². The summed E-state index contributed by atoms with van der Waals surface area (Å²) in [7, 11) is 1.56. The minimum Gasteiger partial charge on any atom is -0.497 e. The molecule has 0 aliphatic rings. The summed E-state index contributed by atoms with van der Waals surface area (Å²) in [4.78, 5) is 48.0. The van der Waals surface area contributed by atoms with Crippen molar-refractivity contribution in [3.05, 3.63) is 71.0 Å². The summed E-state index contributed by atoms with van der Waals surface area (Å²) in [5.41, 5.74) is 1.96. The number of nitrogens with one attached hydrogen (secondary N) is 2. The summed E-state index contributed by atoms with van der Waals surface area (Å²) in [6, 6.07) is 12.5. The number of thiazole rings is 1. The van der Waals surface area contributed by atoms with Crippen molar-refractivity contribution >= 4 is 34.2 Å². The van der Waals surface area contributed by atoms with Crippen molar-refractivity contribution < 1.29 is 19.1 Å². The van der Waals surface area contributed by atoms with Crippen molar-refractivity contribution in [3.8, 4) is 5.75 Å². The van der Waals surface area contributed by atoms with Gasteiger partial charge in [-0.25, -0.2) is 4.98 Å². The highest BCUT2D eigenvalue weighted by Gasteiger charge is 2.21. The lowest BCUT2D eigenvalue weighted by molar-refractivity contribution is -0.120. The van der Waals surface area contributed by atoms with Crippen LogP contribution < -0.4 is 15.4 Å². The van der Waals surface area contributed by atoms with Gasteiger partial charge in [-0.05, 0) is 42.3 Å². The molecule has 3 rings (SSSR count). The van der Waals surface area contributed by atoms with E-state index in [0.717, 1.165) is 5.69 Å².